The molecule has 0 aromatic heterocycles. The summed E-state index contributed by atoms with van der Waals surface area (Å²) in [5.41, 5.74) is 2.66. The molecule has 1 N–H and O–H groups in total. The number of carboxylic acid groups (broad SMARTS) is 1. The molecule has 0 bridgehead atoms. The molecular weight excluding hydrogens is 224 g/mol. The zero-order valence-electron chi connectivity index (χ0n) is 11.7. The van der Waals surface area contributed by atoms with E-state index in [-0.39, 0.29) is 0 Å². The van der Waals surface area contributed by atoms with Gasteiger partial charge < -0.3 is 5.11 Å². The Balaban J connectivity index is 2.36. The van der Waals surface area contributed by atoms with Gasteiger partial charge in [-0.25, -0.2) is 0 Å². The third-order valence-corrected chi connectivity index (χ3v) is 4.35. The van der Waals surface area contributed by atoms with Crippen LogP contribution in [-0.2, 0) is 10.2 Å². The Morgan fingerprint density at radius 2 is 1.72 bits per heavy atom. The van der Waals surface area contributed by atoms with Crippen LogP contribution in [0.5, 0.6) is 0 Å². The van der Waals surface area contributed by atoms with E-state index < -0.39 is 11.4 Å². The molecule has 0 heterocycles. The van der Waals surface area contributed by atoms with Gasteiger partial charge in [0.2, 0.25) is 0 Å². The van der Waals surface area contributed by atoms with Crippen molar-refractivity contribution in [2.45, 2.75) is 46.0 Å². The minimum absolute atomic E-state index is 0.543. The first-order valence-electron chi connectivity index (χ1n) is 6.67. The van der Waals surface area contributed by atoms with E-state index in [1.54, 1.807) is 0 Å². The molecule has 1 aromatic carbocycles. The number of hydrogen-bond acceptors (Lipinski definition) is 1. The first-order chi connectivity index (χ1) is 8.35. The fourth-order valence-corrected chi connectivity index (χ4v) is 3.09. The Hall–Kier alpha value is -1.31. The Morgan fingerprint density at radius 1 is 1.22 bits per heavy atom. The van der Waals surface area contributed by atoms with Gasteiger partial charge in [-0.05, 0) is 44.1 Å². The smallest absolute Gasteiger partial charge is 0.314 e. The average molecular weight is 246 g/mol. The number of benzene rings is 1. The van der Waals surface area contributed by atoms with E-state index >= 15 is 0 Å². The van der Waals surface area contributed by atoms with Crippen LogP contribution in [0.2, 0.25) is 0 Å². The van der Waals surface area contributed by atoms with Crippen molar-refractivity contribution in [1.29, 1.82) is 0 Å². The van der Waals surface area contributed by atoms with E-state index in [9.17, 15) is 9.90 Å². The molecule has 1 aliphatic rings. The highest BCUT2D eigenvalue weighted by molar-refractivity contribution is 5.83. The quantitative estimate of drug-likeness (QED) is 0.883. The minimum Gasteiger partial charge on any atom is -0.481 e. The largest absolute Gasteiger partial charge is 0.481 e. The normalized spacial score (nSPS) is 27.1. The molecule has 2 heteroatoms. The summed E-state index contributed by atoms with van der Waals surface area (Å²) in [5, 5.41) is 9.62. The van der Waals surface area contributed by atoms with Crippen molar-refractivity contribution in [1.82, 2.24) is 0 Å². The lowest BCUT2D eigenvalue weighted by atomic mass is 9.55. The number of aryl methyl sites for hydroxylation is 2. The molecule has 0 saturated heterocycles. The van der Waals surface area contributed by atoms with Crippen molar-refractivity contribution in [3.63, 3.8) is 0 Å². The standard InChI is InChI=1S/C16H22O2/c1-10(2)13-8-16(9-13,15(17)18)14-6-11(3)5-12(4)7-14/h5-7,10,13H,8-9H2,1-4H3,(H,17,18). The van der Waals surface area contributed by atoms with Gasteiger partial charge in [-0.2, -0.15) is 0 Å². The molecular formula is C16H22O2. The molecule has 1 aromatic rings. The fourth-order valence-electron chi connectivity index (χ4n) is 3.09. The lowest BCUT2D eigenvalue weighted by molar-refractivity contribution is -0.150. The van der Waals surface area contributed by atoms with Crippen LogP contribution in [0.1, 0.15) is 43.4 Å². The highest BCUT2D eigenvalue weighted by Crippen LogP contribution is 2.51. The second kappa shape index (κ2) is 4.42. The third kappa shape index (κ3) is 2.05. The summed E-state index contributed by atoms with van der Waals surface area (Å²) in [6, 6.07) is 6.17. The second-order valence-corrected chi connectivity index (χ2v) is 6.18. The topological polar surface area (TPSA) is 37.3 Å². The molecule has 0 spiro atoms. The molecule has 0 atom stereocenters. The molecule has 98 valence electrons. The molecule has 1 aliphatic carbocycles. The lowest BCUT2D eigenvalue weighted by Gasteiger charge is -2.47. The lowest BCUT2D eigenvalue weighted by Crippen LogP contribution is -2.49. The van der Waals surface area contributed by atoms with Crippen molar-refractivity contribution in [3.8, 4) is 0 Å². The van der Waals surface area contributed by atoms with Crippen LogP contribution >= 0.6 is 0 Å². The summed E-state index contributed by atoms with van der Waals surface area (Å²) in [6.45, 7) is 8.42. The van der Waals surface area contributed by atoms with Crippen molar-refractivity contribution >= 4 is 5.97 Å². The monoisotopic (exact) mass is 246 g/mol. The Labute approximate surface area is 109 Å². The number of hydrogen-bond donors (Lipinski definition) is 1. The number of aliphatic carboxylic acids is 1. The van der Waals surface area contributed by atoms with Crippen molar-refractivity contribution in [3.05, 3.63) is 34.9 Å². The van der Waals surface area contributed by atoms with Crippen molar-refractivity contribution < 1.29 is 9.90 Å². The van der Waals surface area contributed by atoms with E-state index in [0.29, 0.717) is 11.8 Å². The van der Waals surface area contributed by atoms with E-state index in [4.69, 9.17) is 0 Å². The Morgan fingerprint density at radius 3 is 2.11 bits per heavy atom. The highest BCUT2D eigenvalue weighted by Gasteiger charge is 2.52. The molecule has 2 rings (SSSR count). The van der Waals surface area contributed by atoms with Crippen LogP contribution in [0.3, 0.4) is 0 Å². The second-order valence-electron chi connectivity index (χ2n) is 6.18. The maximum absolute atomic E-state index is 11.7. The Kier molecular flexibility index (Phi) is 3.22. The maximum Gasteiger partial charge on any atom is 0.314 e. The molecule has 1 saturated carbocycles. The van der Waals surface area contributed by atoms with Crippen molar-refractivity contribution in [2.75, 3.05) is 0 Å². The van der Waals surface area contributed by atoms with Crippen LogP contribution in [0, 0.1) is 25.7 Å². The average Bonchev–Trinajstić information content (AvgIpc) is 2.12. The fraction of sp³-hybridized carbons (Fsp3) is 0.562. The SMILES string of the molecule is Cc1cc(C)cc(C2(C(=O)O)CC(C(C)C)C2)c1. The van der Waals surface area contributed by atoms with Gasteiger partial charge in [-0.15, -0.1) is 0 Å². The predicted molar refractivity (Wildman–Crippen MR) is 72.8 cm³/mol. The Bertz CT molecular complexity index is 448. The zero-order valence-corrected chi connectivity index (χ0v) is 11.7. The van der Waals surface area contributed by atoms with Gasteiger partial charge in [-0.1, -0.05) is 43.2 Å². The van der Waals surface area contributed by atoms with Gasteiger partial charge in [0.25, 0.3) is 0 Å². The zero-order chi connectivity index (χ0) is 13.5. The molecule has 0 aliphatic heterocycles. The van der Waals surface area contributed by atoms with E-state index in [1.165, 1.54) is 0 Å². The van der Waals surface area contributed by atoms with Crippen LogP contribution in [0.15, 0.2) is 18.2 Å². The third-order valence-electron chi connectivity index (χ3n) is 4.35. The van der Waals surface area contributed by atoms with Crippen molar-refractivity contribution in [2.24, 2.45) is 11.8 Å². The first-order valence-corrected chi connectivity index (χ1v) is 6.67. The predicted octanol–water partition coefficient (Wildman–Crippen LogP) is 3.69. The highest BCUT2D eigenvalue weighted by atomic mass is 16.4. The van der Waals surface area contributed by atoms with Gasteiger partial charge in [-0.3, -0.25) is 4.79 Å². The molecule has 0 amide bonds. The van der Waals surface area contributed by atoms with Crippen LogP contribution in [0.25, 0.3) is 0 Å². The molecule has 0 radical (unpaired) electrons. The minimum atomic E-state index is -0.663. The van der Waals surface area contributed by atoms with Gasteiger partial charge in [0.1, 0.15) is 0 Å². The van der Waals surface area contributed by atoms with E-state index in [1.807, 2.05) is 26.0 Å². The van der Waals surface area contributed by atoms with E-state index in [0.717, 1.165) is 29.5 Å². The van der Waals surface area contributed by atoms with Gasteiger partial charge >= 0.3 is 5.97 Å². The summed E-state index contributed by atoms with van der Waals surface area (Å²) in [6.07, 6.45) is 1.56. The summed E-state index contributed by atoms with van der Waals surface area (Å²) >= 11 is 0. The van der Waals surface area contributed by atoms with Gasteiger partial charge in [0, 0.05) is 0 Å². The van der Waals surface area contributed by atoms with Gasteiger partial charge in [0.05, 0.1) is 5.41 Å². The summed E-state index contributed by atoms with van der Waals surface area (Å²) in [4.78, 5) is 11.7. The van der Waals surface area contributed by atoms with Gasteiger partial charge in [0.15, 0.2) is 0 Å². The summed E-state index contributed by atoms with van der Waals surface area (Å²) < 4.78 is 0. The molecule has 18 heavy (non-hydrogen) atoms. The molecule has 1 fully saturated rings. The van der Waals surface area contributed by atoms with Crippen LogP contribution in [-0.4, -0.2) is 11.1 Å². The first kappa shape index (κ1) is 13.1. The molecule has 0 unspecified atom stereocenters. The number of rotatable bonds is 3. The maximum atomic E-state index is 11.7. The van der Waals surface area contributed by atoms with E-state index in [2.05, 4.69) is 19.9 Å². The number of carbonyl (C=O) groups is 1. The number of carboxylic acids is 1. The van der Waals surface area contributed by atoms with Crippen LogP contribution < -0.4 is 0 Å². The van der Waals surface area contributed by atoms with Crippen LogP contribution in [0.4, 0.5) is 0 Å². The summed E-state index contributed by atoms with van der Waals surface area (Å²) in [5.74, 6) is 0.453. The molecule has 2 nitrogen and oxygen atoms in total. The summed E-state index contributed by atoms with van der Waals surface area (Å²) in [7, 11) is 0.